The number of halogens is 1. The second kappa shape index (κ2) is 11.7. The van der Waals surface area contributed by atoms with E-state index in [9.17, 15) is 9.59 Å². The first-order chi connectivity index (χ1) is 17.9. The lowest BCUT2D eigenvalue weighted by molar-refractivity contribution is -0.136. The van der Waals surface area contributed by atoms with Crippen molar-refractivity contribution in [3.05, 3.63) is 102 Å². The van der Waals surface area contributed by atoms with Gasteiger partial charge in [0, 0.05) is 0 Å². The van der Waals surface area contributed by atoms with Crippen molar-refractivity contribution in [3.8, 4) is 11.5 Å². The average molecular weight is 584 g/mol. The molecule has 1 aromatic heterocycles. The van der Waals surface area contributed by atoms with Crippen LogP contribution in [0.25, 0.3) is 6.08 Å². The fourth-order valence-electron chi connectivity index (χ4n) is 4.18. The minimum atomic E-state index is -0.637. The van der Waals surface area contributed by atoms with Gasteiger partial charge in [-0.1, -0.05) is 61.2 Å². The first-order valence-electron chi connectivity index (χ1n) is 11.8. The van der Waals surface area contributed by atoms with Crippen LogP contribution in [0.4, 0.5) is 0 Å². The van der Waals surface area contributed by atoms with Crippen molar-refractivity contribution < 1.29 is 19.0 Å². The van der Waals surface area contributed by atoms with Gasteiger partial charge in [-0.3, -0.25) is 9.36 Å². The van der Waals surface area contributed by atoms with Gasteiger partial charge >= 0.3 is 5.97 Å². The summed E-state index contributed by atoms with van der Waals surface area (Å²) in [6.07, 6.45) is 3.98. The molecule has 1 atom stereocenters. The standard InChI is InChI=1S/C28H27BrN2O5S/c1-5-13-36-25-19(29)14-17(15-21(25)35-7-3)16-22-26(32)31-24(18-11-9-8-10-12-18)23(27(33)34-4)20(6-2)30-28(31)37-22/h5,8-12,14-16,24H,1,6-7,13H2,2-4H3/b22-16+/t24-/m1/s1. The Kier molecular flexibility index (Phi) is 8.45. The lowest BCUT2D eigenvalue weighted by Gasteiger charge is -2.25. The first kappa shape index (κ1) is 26.6. The van der Waals surface area contributed by atoms with Crippen molar-refractivity contribution in [2.24, 2.45) is 4.99 Å². The molecule has 0 N–H and O–H groups in total. The van der Waals surface area contributed by atoms with E-state index in [2.05, 4.69) is 22.5 Å². The normalized spacial score (nSPS) is 15.1. The highest BCUT2D eigenvalue weighted by atomic mass is 79.9. The van der Waals surface area contributed by atoms with Crippen LogP contribution in [0.5, 0.6) is 11.5 Å². The Morgan fingerprint density at radius 2 is 1.97 bits per heavy atom. The van der Waals surface area contributed by atoms with E-state index in [4.69, 9.17) is 19.2 Å². The largest absolute Gasteiger partial charge is 0.490 e. The molecule has 4 rings (SSSR count). The number of rotatable bonds is 9. The van der Waals surface area contributed by atoms with Crippen LogP contribution < -0.4 is 24.4 Å². The molecule has 0 fully saturated rings. The number of carbonyl (C=O) groups excluding carboxylic acids is 1. The van der Waals surface area contributed by atoms with Gasteiger partial charge < -0.3 is 14.2 Å². The fraction of sp³-hybridized carbons (Fsp3) is 0.250. The number of benzene rings is 2. The summed E-state index contributed by atoms with van der Waals surface area (Å²) in [7, 11) is 1.34. The number of methoxy groups -OCH3 is 1. The van der Waals surface area contributed by atoms with E-state index < -0.39 is 12.0 Å². The summed E-state index contributed by atoms with van der Waals surface area (Å²) in [5, 5.41) is 0. The molecule has 9 heteroatoms. The number of esters is 1. The van der Waals surface area contributed by atoms with E-state index in [-0.39, 0.29) is 5.56 Å². The van der Waals surface area contributed by atoms with Crippen LogP contribution in [0, 0.1) is 0 Å². The highest BCUT2D eigenvalue weighted by Gasteiger charge is 2.33. The molecule has 1 aliphatic rings. The summed E-state index contributed by atoms with van der Waals surface area (Å²) < 4.78 is 19.4. The lowest BCUT2D eigenvalue weighted by atomic mass is 9.95. The number of nitrogens with zero attached hydrogens (tertiary/aromatic N) is 2. The third-order valence-corrected chi connectivity index (χ3v) is 7.31. The maximum absolute atomic E-state index is 13.8. The molecule has 0 radical (unpaired) electrons. The van der Waals surface area contributed by atoms with Crippen LogP contribution in [0.15, 0.2) is 80.6 Å². The molecule has 7 nitrogen and oxygen atoms in total. The number of aromatic nitrogens is 1. The summed E-state index contributed by atoms with van der Waals surface area (Å²) in [6.45, 7) is 8.30. The summed E-state index contributed by atoms with van der Waals surface area (Å²) >= 11 is 4.84. The van der Waals surface area contributed by atoms with Crippen molar-refractivity contribution in [1.29, 1.82) is 0 Å². The minimum Gasteiger partial charge on any atom is -0.490 e. The molecule has 0 bridgehead atoms. The molecule has 0 amide bonds. The van der Waals surface area contributed by atoms with Gasteiger partial charge in [0.1, 0.15) is 6.61 Å². The molecule has 2 heterocycles. The molecule has 0 unspecified atom stereocenters. The van der Waals surface area contributed by atoms with E-state index >= 15 is 0 Å². The predicted molar refractivity (Wildman–Crippen MR) is 148 cm³/mol. The Hall–Kier alpha value is -3.43. The fourth-order valence-corrected chi connectivity index (χ4v) is 5.78. The van der Waals surface area contributed by atoms with Crippen LogP contribution >= 0.6 is 27.3 Å². The molecule has 2 aromatic carbocycles. The van der Waals surface area contributed by atoms with Crippen molar-refractivity contribution >= 4 is 39.3 Å². The molecule has 3 aromatic rings. The smallest absolute Gasteiger partial charge is 0.338 e. The van der Waals surface area contributed by atoms with Crippen LogP contribution in [0.3, 0.4) is 0 Å². The number of hydrogen-bond donors (Lipinski definition) is 0. The van der Waals surface area contributed by atoms with Crippen LogP contribution in [-0.2, 0) is 9.53 Å². The summed E-state index contributed by atoms with van der Waals surface area (Å²) in [6, 6.07) is 12.5. The highest BCUT2D eigenvalue weighted by Crippen LogP contribution is 2.37. The van der Waals surface area contributed by atoms with E-state index in [1.807, 2.05) is 56.3 Å². The van der Waals surface area contributed by atoms with Gasteiger partial charge in [-0.05, 0) is 58.6 Å². The Morgan fingerprint density at radius 3 is 2.62 bits per heavy atom. The summed E-state index contributed by atoms with van der Waals surface area (Å²) in [4.78, 5) is 31.9. The van der Waals surface area contributed by atoms with E-state index in [1.165, 1.54) is 18.4 Å². The average Bonchev–Trinajstić information content (AvgIpc) is 3.21. The van der Waals surface area contributed by atoms with Gasteiger partial charge in [-0.25, -0.2) is 9.79 Å². The van der Waals surface area contributed by atoms with Gasteiger partial charge in [0.2, 0.25) is 0 Å². The third kappa shape index (κ3) is 5.33. The Morgan fingerprint density at radius 1 is 1.22 bits per heavy atom. The quantitative estimate of drug-likeness (QED) is 0.274. The molecule has 0 aliphatic carbocycles. The molecule has 192 valence electrons. The zero-order chi connectivity index (χ0) is 26.5. The number of hydrogen-bond acceptors (Lipinski definition) is 7. The maximum Gasteiger partial charge on any atom is 0.338 e. The van der Waals surface area contributed by atoms with E-state index in [0.717, 1.165) is 11.1 Å². The molecule has 0 saturated carbocycles. The third-order valence-electron chi connectivity index (χ3n) is 5.74. The SMILES string of the molecule is C=CCOc1c(Br)cc(/C=c2/sc3n(c2=O)[C@H](c2ccccc2)C(C(=O)OC)=C(CC)N=3)cc1OCC. The monoisotopic (exact) mass is 582 g/mol. The van der Waals surface area contributed by atoms with Crippen molar-refractivity contribution in [2.75, 3.05) is 20.3 Å². The number of thiazole rings is 1. The molecule has 1 aliphatic heterocycles. The number of allylic oxidation sites excluding steroid dienone is 1. The Labute approximate surface area is 227 Å². The van der Waals surface area contributed by atoms with Gasteiger partial charge in [-0.2, -0.15) is 0 Å². The lowest BCUT2D eigenvalue weighted by Crippen LogP contribution is -2.40. The molecule has 0 spiro atoms. The second-order valence-corrected chi connectivity index (χ2v) is 9.93. The molecule has 0 saturated heterocycles. The Balaban J connectivity index is 1.92. The Bertz CT molecular complexity index is 1540. The maximum atomic E-state index is 13.8. The first-order valence-corrected chi connectivity index (χ1v) is 13.4. The highest BCUT2D eigenvalue weighted by molar-refractivity contribution is 9.10. The van der Waals surface area contributed by atoms with Crippen LogP contribution in [0.1, 0.15) is 37.4 Å². The number of carbonyl (C=O) groups is 1. The zero-order valence-corrected chi connectivity index (χ0v) is 23.2. The van der Waals surface area contributed by atoms with Gasteiger partial charge in [0.25, 0.3) is 5.56 Å². The van der Waals surface area contributed by atoms with Gasteiger partial charge in [0.15, 0.2) is 16.3 Å². The topological polar surface area (TPSA) is 79.1 Å². The summed E-state index contributed by atoms with van der Waals surface area (Å²) in [5.74, 6) is 0.630. The van der Waals surface area contributed by atoms with Crippen LogP contribution in [0.2, 0.25) is 0 Å². The molecule has 37 heavy (non-hydrogen) atoms. The van der Waals surface area contributed by atoms with E-state index in [1.54, 1.807) is 16.7 Å². The minimum absolute atomic E-state index is 0.241. The predicted octanol–water partition coefficient (Wildman–Crippen LogP) is 4.52. The van der Waals surface area contributed by atoms with Gasteiger partial charge in [-0.15, -0.1) is 0 Å². The summed E-state index contributed by atoms with van der Waals surface area (Å²) in [5.41, 5.74) is 2.31. The second-order valence-electron chi connectivity index (χ2n) is 8.06. The van der Waals surface area contributed by atoms with E-state index in [0.29, 0.717) is 56.2 Å². The number of fused-ring (bicyclic) bond motifs is 1. The van der Waals surface area contributed by atoms with Gasteiger partial charge in [0.05, 0.1) is 40.0 Å². The zero-order valence-electron chi connectivity index (χ0n) is 20.8. The van der Waals surface area contributed by atoms with Crippen molar-refractivity contribution in [1.82, 2.24) is 4.57 Å². The molecular weight excluding hydrogens is 556 g/mol. The molecular formula is C28H27BrN2O5S. The van der Waals surface area contributed by atoms with Crippen molar-refractivity contribution in [2.45, 2.75) is 26.3 Å². The van der Waals surface area contributed by atoms with Crippen molar-refractivity contribution in [3.63, 3.8) is 0 Å². The van der Waals surface area contributed by atoms with Crippen LogP contribution in [-0.4, -0.2) is 30.9 Å². The number of ether oxygens (including phenoxy) is 3.